The van der Waals surface area contributed by atoms with E-state index in [1.54, 1.807) is 29.2 Å². The first-order chi connectivity index (χ1) is 13.1. The quantitative estimate of drug-likeness (QED) is 0.767. The Morgan fingerprint density at radius 1 is 1.11 bits per heavy atom. The number of carbonyl (C=O) groups is 2. The Labute approximate surface area is 166 Å². The number of carbonyl (C=O) groups excluding carboxylic acids is 2. The third-order valence-electron chi connectivity index (χ3n) is 4.69. The summed E-state index contributed by atoms with van der Waals surface area (Å²) in [5.41, 5.74) is 0.990. The molecule has 1 aliphatic rings. The van der Waals surface area contributed by atoms with Crippen molar-refractivity contribution in [2.24, 2.45) is 5.92 Å². The summed E-state index contributed by atoms with van der Waals surface area (Å²) in [6.45, 7) is 6.82. The van der Waals surface area contributed by atoms with Crippen molar-refractivity contribution in [3.05, 3.63) is 29.8 Å². The summed E-state index contributed by atoms with van der Waals surface area (Å²) < 4.78 is 31.6. The van der Waals surface area contributed by atoms with Crippen molar-refractivity contribution in [1.82, 2.24) is 14.5 Å². The van der Waals surface area contributed by atoms with Crippen molar-refractivity contribution in [2.45, 2.75) is 38.1 Å². The summed E-state index contributed by atoms with van der Waals surface area (Å²) in [5.74, 6) is -0.0132. The molecule has 8 nitrogen and oxygen atoms in total. The third-order valence-corrected chi connectivity index (χ3v) is 6.60. The van der Waals surface area contributed by atoms with E-state index in [0.717, 1.165) is 5.56 Å². The minimum absolute atomic E-state index is 0.203. The zero-order chi connectivity index (χ0) is 20.9. The molecule has 1 aliphatic heterocycles. The van der Waals surface area contributed by atoms with E-state index in [9.17, 15) is 18.0 Å². The molecule has 1 aromatic carbocycles. The maximum Gasteiger partial charge on any atom is 0.407 e. The highest BCUT2D eigenvalue weighted by Gasteiger charge is 2.33. The van der Waals surface area contributed by atoms with Crippen LogP contribution in [0.5, 0.6) is 0 Å². The molecule has 1 atom stereocenters. The highest BCUT2D eigenvalue weighted by molar-refractivity contribution is 7.89. The number of benzene rings is 1. The molecular weight excluding hydrogens is 382 g/mol. The van der Waals surface area contributed by atoms with E-state index < -0.39 is 22.2 Å². The van der Waals surface area contributed by atoms with Gasteiger partial charge in [-0.3, -0.25) is 4.79 Å². The van der Waals surface area contributed by atoms with Crippen LogP contribution in [0.25, 0.3) is 0 Å². The number of hydrogen-bond acceptors (Lipinski definition) is 5. The summed E-state index contributed by atoms with van der Waals surface area (Å²) in [7, 11) is -2.33. The maximum absolute atomic E-state index is 12.8. The van der Waals surface area contributed by atoms with Gasteiger partial charge in [-0.05, 0) is 31.4 Å². The summed E-state index contributed by atoms with van der Waals surface area (Å²) in [5, 5.41) is 2.58. The Kier molecular flexibility index (Phi) is 7.42. The average molecular weight is 412 g/mol. The molecule has 1 saturated heterocycles. The Hall–Kier alpha value is -2.13. The number of nitrogens with one attached hydrogen (secondary N) is 1. The summed E-state index contributed by atoms with van der Waals surface area (Å²) in [4.78, 5) is 26.3. The van der Waals surface area contributed by atoms with Gasteiger partial charge in [0, 0.05) is 26.2 Å². The Morgan fingerprint density at radius 2 is 1.68 bits per heavy atom. The van der Waals surface area contributed by atoms with Crippen LogP contribution < -0.4 is 5.32 Å². The fourth-order valence-corrected chi connectivity index (χ4v) is 4.54. The van der Waals surface area contributed by atoms with Gasteiger partial charge in [0.1, 0.15) is 6.04 Å². The summed E-state index contributed by atoms with van der Waals surface area (Å²) in [6.07, 6.45) is -0.171. The topological polar surface area (TPSA) is 96.0 Å². The number of amides is 2. The summed E-state index contributed by atoms with van der Waals surface area (Å²) >= 11 is 0. The molecule has 9 heteroatoms. The molecule has 0 aromatic heterocycles. The monoisotopic (exact) mass is 411 g/mol. The van der Waals surface area contributed by atoms with E-state index >= 15 is 0 Å². The van der Waals surface area contributed by atoms with Crippen LogP contribution in [0.4, 0.5) is 4.79 Å². The van der Waals surface area contributed by atoms with Crippen LogP contribution in [0, 0.1) is 12.8 Å². The van der Waals surface area contributed by atoms with E-state index in [2.05, 4.69) is 10.1 Å². The zero-order valence-electron chi connectivity index (χ0n) is 16.8. The van der Waals surface area contributed by atoms with Crippen molar-refractivity contribution < 1.29 is 22.7 Å². The van der Waals surface area contributed by atoms with Crippen LogP contribution in [0.2, 0.25) is 0 Å². The third kappa shape index (κ3) is 5.45. The number of piperazine rings is 1. The number of ether oxygens (including phenoxy) is 1. The number of sulfonamides is 1. The van der Waals surface area contributed by atoms with Crippen LogP contribution in [-0.2, 0) is 19.6 Å². The SMILES string of the molecule is COC(=O)NC(CC(C)C)C(=O)N1CCN(S(=O)(=O)c2ccc(C)cc2)CC1. The van der Waals surface area contributed by atoms with Gasteiger partial charge < -0.3 is 15.0 Å². The van der Waals surface area contributed by atoms with E-state index in [0.29, 0.717) is 6.42 Å². The molecule has 0 aliphatic carbocycles. The first-order valence-corrected chi connectivity index (χ1v) is 10.8. The predicted octanol–water partition coefficient (Wildman–Crippen LogP) is 1.60. The molecule has 156 valence electrons. The van der Waals surface area contributed by atoms with Gasteiger partial charge in [0.05, 0.1) is 12.0 Å². The van der Waals surface area contributed by atoms with Gasteiger partial charge in [-0.25, -0.2) is 13.2 Å². The normalized spacial score (nSPS) is 16.7. The number of alkyl carbamates (subject to hydrolysis) is 1. The number of methoxy groups -OCH3 is 1. The number of nitrogens with zero attached hydrogens (tertiary/aromatic N) is 2. The fraction of sp³-hybridized carbons (Fsp3) is 0.579. The molecule has 28 heavy (non-hydrogen) atoms. The first-order valence-electron chi connectivity index (χ1n) is 9.35. The molecule has 2 amide bonds. The summed E-state index contributed by atoms with van der Waals surface area (Å²) in [6, 6.07) is 6.04. The Balaban J connectivity index is 2.03. The van der Waals surface area contributed by atoms with Crippen molar-refractivity contribution in [1.29, 1.82) is 0 Å². The molecule has 0 spiro atoms. The lowest BCUT2D eigenvalue weighted by molar-refractivity contribution is -0.135. The Morgan fingerprint density at radius 3 is 2.18 bits per heavy atom. The van der Waals surface area contributed by atoms with Gasteiger partial charge in [0.25, 0.3) is 0 Å². The minimum atomic E-state index is -3.58. The maximum atomic E-state index is 12.8. The molecule has 1 unspecified atom stereocenters. The van der Waals surface area contributed by atoms with Gasteiger partial charge in [-0.2, -0.15) is 4.31 Å². The highest BCUT2D eigenvalue weighted by Crippen LogP contribution is 2.19. The van der Waals surface area contributed by atoms with Crippen molar-refractivity contribution in [3.8, 4) is 0 Å². The predicted molar refractivity (Wildman–Crippen MR) is 105 cm³/mol. The average Bonchev–Trinajstić information content (AvgIpc) is 2.66. The lowest BCUT2D eigenvalue weighted by Gasteiger charge is -2.36. The molecular formula is C19H29N3O5S. The molecule has 1 N–H and O–H groups in total. The standard InChI is InChI=1S/C19H29N3O5S/c1-14(2)13-17(20-19(24)27-4)18(23)21-9-11-22(12-10-21)28(25,26)16-7-5-15(3)6-8-16/h5-8,14,17H,9-13H2,1-4H3,(H,20,24). The Bertz CT molecular complexity index is 784. The molecule has 1 aromatic rings. The van der Waals surface area contributed by atoms with Gasteiger partial charge in [-0.1, -0.05) is 31.5 Å². The van der Waals surface area contributed by atoms with Crippen LogP contribution in [0.3, 0.4) is 0 Å². The fourth-order valence-electron chi connectivity index (χ4n) is 3.12. The molecule has 2 rings (SSSR count). The largest absolute Gasteiger partial charge is 0.453 e. The molecule has 0 radical (unpaired) electrons. The van der Waals surface area contributed by atoms with E-state index in [1.807, 2.05) is 20.8 Å². The van der Waals surface area contributed by atoms with Gasteiger partial charge >= 0.3 is 6.09 Å². The minimum Gasteiger partial charge on any atom is -0.453 e. The van der Waals surface area contributed by atoms with Gasteiger partial charge in [0.2, 0.25) is 15.9 Å². The molecule has 0 saturated carbocycles. The van der Waals surface area contributed by atoms with E-state index in [1.165, 1.54) is 11.4 Å². The van der Waals surface area contributed by atoms with E-state index in [4.69, 9.17) is 0 Å². The molecule has 0 bridgehead atoms. The van der Waals surface area contributed by atoms with Gasteiger partial charge in [0.15, 0.2) is 0 Å². The number of rotatable bonds is 6. The van der Waals surface area contributed by atoms with Crippen molar-refractivity contribution >= 4 is 22.0 Å². The number of aryl methyl sites for hydroxylation is 1. The van der Waals surface area contributed by atoms with E-state index in [-0.39, 0.29) is 42.9 Å². The first kappa shape index (κ1) is 22.2. The van der Waals surface area contributed by atoms with Crippen LogP contribution in [0.15, 0.2) is 29.2 Å². The van der Waals surface area contributed by atoms with Crippen LogP contribution in [0.1, 0.15) is 25.8 Å². The number of hydrogen-bond donors (Lipinski definition) is 1. The zero-order valence-corrected chi connectivity index (χ0v) is 17.7. The second-order valence-corrected chi connectivity index (χ2v) is 9.30. The van der Waals surface area contributed by atoms with Gasteiger partial charge in [-0.15, -0.1) is 0 Å². The van der Waals surface area contributed by atoms with Crippen LogP contribution in [-0.4, -0.2) is 69.0 Å². The second kappa shape index (κ2) is 9.38. The lowest BCUT2D eigenvalue weighted by Crippen LogP contribution is -2.56. The lowest BCUT2D eigenvalue weighted by atomic mass is 10.0. The highest BCUT2D eigenvalue weighted by atomic mass is 32.2. The van der Waals surface area contributed by atoms with Crippen molar-refractivity contribution in [2.75, 3.05) is 33.3 Å². The molecule has 1 fully saturated rings. The molecule has 1 heterocycles. The van der Waals surface area contributed by atoms with Crippen LogP contribution >= 0.6 is 0 Å². The smallest absolute Gasteiger partial charge is 0.407 e. The second-order valence-electron chi connectivity index (χ2n) is 7.36. The van der Waals surface area contributed by atoms with Crippen molar-refractivity contribution in [3.63, 3.8) is 0 Å².